The second-order valence-electron chi connectivity index (χ2n) is 5.97. The lowest BCUT2D eigenvalue weighted by Gasteiger charge is -2.32. The first-order chi connectivity index (χ1) is 9.06. The van der Waals surface area contributed by atoms with Gasteiger partial charge in [-0.15, -0.1) is 0 Å². The number of hydrogen-bond acceptors (Lipinski definition) is 3. The number of rotatable bonds is 5. The molecule has 1 heterocycles. The van der Waals surface area contributed by atoms with E-state index in [1.54, 1.807) is 0 Å². The first kappa shape index (κ1) is 14.3. The Morgan fingerprint density at radius 2 is 1.74 bits per heavy atom. The summed E-state index contributed by atoms with van der Waals surface area (Å²) in [6.07, 6.45) is 4.15. The van der Waals surface area contributed by atoms with Crippen molar-refractivity contribution in [1.82, 2.24) is 15.5 Å². The monoisotopic (exact) mass is 267 g/mol. The standard InChI is InChI=1S/C14H25N3O2/c1-10(2)14(19)16-12-5-7-17(8-6-12)13(18)9-15-11-3-4-11/h10-12,15H,3-9H2,1-2H3,(H,16,19). The molecule has 0 aromatic rings. The fourth-order valence-corrected chi connectivity index (χ4v) is 2.27. The van der Waals surface area contributed by atoms with Crippen molar-refractivity contribution in [3.63, 3.8) is 0 Å². The Morgan fingerprint density at radius 1 is 1.11 bits per heavy atom. The molecular weight excluding hydrogens is 242 g/mol. The van der Waals surface area contributed by atoms with Crippen molar-refractivity contribution in [2.45, 2.75) is 51.6 Å². The highest BCUT2D eigenvalue weighted by atomic mass is 16.2. The molecule has 1 aliphatic heterocycles. The molecule has 1 saturated carbocycles. The summed E-state index contributed by atoms with van der Waals surface area (Å²) in [5.41, 5.74) is 0. The van der Waals surface area contributed by atoms with Crippen LogP contribution in [0.2, 0.25) is 0 Å². The lowest BCUT2D eigenvalue weighted by atomic mass is 10.0. The minimum atomic E-state index is 0.0300. The molecule has 2 fully saturated rings. The third-order valence-corrected chi connectivity index (χ3v) is 3.84. The molecule has 0 unspecified atom stereocenters. The van der Waals surface area contributed by atoms with Crippen molar-refractivity contribution in [1.29, 1.82) is 0 Å². The van der Waals surface area contributed by atoms with Crippen LogP contribution in [-0.2, 0) is 9.59 Å². The summed E-state index contributed by atoms with van der Waals surface area (Å²) in [6.45, 7) is 5.78. The number of nitrogens with one attached hydrogen (secondary N) is 2. The summed E-state index contributed by atoms with van der Waals surface area (Å²) >= 11 is 0. The Kier molecular flexibility index (Phi) is 4.80. The quantitative estimate of drug-likeness (QED) is 0.762. The van der Waals surface area contributed by atoms with Gasteiger partial charge in [-0.25, -0.2) is 0 Å². The van der Waals surface area contributed by atoms with Crippen molar-refractivity contribution in [3.05, 3.63) is 0 Å². The molecule has 5 nitrogen and oxygen atoms in total. The normalized spacial score (nSPS) is 20.7. The first-order valence-electron chi connectivity index (χ1n) is 7.38. The van der Waals surface area contributed by atoms with Gasteiger partial charge in [-0.2, -0.15) is 0 Å². The highest BCUT2D eigenvalue weighted by Crippen LogP contribution is 2.18. The smallest absolute Gasteiger partial charge is 0.236 e. The maximum atomic E-state index is 11.9. The van der Waals surface area contributed by atoms with Crippen LogP contribution in [-0.4, -0.2) is 48.4 Å². The SMILES string of the molecule is CC(C)C(=O)NC1CCN(C(=O)CNC2CC2)CC1. The van der Waals surface area contributed by atoms with Crippen LogP contribution in [0.1, 0.15) is 39.5 Å². The molecule has 0 aromatic heterocycles. The van der Waals surface area contributed by atoms with Gasteiger partial charge >= 0.3 is 0 Å². The summed E-state index contributed by atoms with van der Waals surface area (Å²) < 4.78 is 0. The Balaban J connectivity index is 1.66. The molecule has 2 N–H and O–H groups in total. The fraction of sp³-hybridized carbons (Fsp3) is 0.857. The van der Waals surface area contributed by atoms with E-state index in [1.165, 1.54) is 12.8 Å². The molecule has 2 rings (SSSR count). The van der Waals surface area contributed by atoms with E-state index in [-0.39, 0.29) is 23.8 Å². The average Bonchev–Trinajstić information content (AvgIpc) is 3.20. The van der Waals surface area contributed by atoms with Gasteiger partial charge in [-0.1, -0.05) is 13.8 Å². The summed E-state index contributed by atoms with van der Waals surface area (Å²) in [6, 6.07) is 0.808. The molecule has 1 saturated heterocycles. The number of carbonyl (C=O) groups excluding carboxylic acids is 2. The topological polar surface area (TPSA) is 61.4 Å². The van der Waals surface area contributed by atoms with Gasteiger partial charge in [0.2, 0.25) is 11.8 Å². The third-order valence-electron chi connectivity index (χ3n) is 3.84. The van der Waals surface area contributed by atoms with E-state index in [0.29, 0.717) is 12.6 Å². The van der Waals surface area contributed by atoms with Gasteiger partial charge in [0.05, 0.1) is 6.54 Å². The zero-order valence-corrected chi connectivity index (χ0v) is 11.9. The molecule has 2 aliphatic rings. The average molecular weight is 267 g/mol. The van der Waals surface area contributed by atoms with Crippen molar-refractivity contribution in [3.8, 4) is 0 Å². The predicted molar refractivity (Wildman–Crippen MR) is 73.6 cm³/mol. The first-order valence-corrected chi connectivity index (χ1v) is 7.38. The zero-order chi connectivity index (χ0) is 13.8. The number of amides is 2. The van der Waals surface area contributed by atoms with Crippen molar-refractivity contribution >= 4 is 11.8 Å². The van der Waals surface area contributed by atoms with Gasteiger partial charge in [-0.3, -0.25) is 9.59 Å². The van der Waals surface area contributed by atoms with Crippen LogP contribution in [0.15, 0.2) is 0 Å². The Morgan fingerprint density at radius 3 is 2.26 bits per heavy atom. The molecular formula is C14H25N3O2. The molecule has 0 aromatic carbocycles. The van der Waals surface area contributed by atoms with Crippen LogP contribution in [0.4, 0.5) is 0 Å². The summed E-state index contributed by atoms with van der Waals surface area (Å²) in [4.78, 5) is 25.5. The second kappa shape index (κ2) is 6.37. The Hall–Kier alpha value is -1.10. The number of hydrogen-bond donors (Lipinski definition) is 2. The Labute approximate surface area is 115 Å². The highest BCUT2D eigenvalue weighted by molar-refractivity contribution is 5.79. The van der Waals surface area contributed by atoms with E-state index in [2.05, 4.69) is 10.6 Å². The molecule has 0 radical (unpaired) electrons. The molecule has 2 amide bonds. The maximum Gasteiger partial charge on any atom is 0.236 e. The van der Waals surface area contributed by atoms with Gasteiger partial charge < -0.3 is 15.5 Å². The van der Waals surface area contributed by atoms with Gasteiger partial charge in [-0.05, 0) is 25.7 Å². The molecule has 108 valence electrons. The van der Waals surface area contributed by atoms with Gasteiger partial charge in [0, 0.05) is 31.1 Å². The van der Waals surface area contributed by atoms with Gasteiger partial charge in [0.15, 0.2) is 0 Å². The molecule has 0 spiro atoms. The number of piperidine rings is 1. The van der Waals surface area contributed by atoms with Crippen molar-refractivity contribution in [2.75, 3.05) is 19.6 Å². The Bertz CT molecular complexity index is 332. The van der Waals surface area contributed by atoms with Crippen LogP contribution < -0.4 is 10.6 Å². The molecule has 0 bridgehead atoms. The second-order valence-corrected chi connectivity index (χ2v) is 5.97. The number of nitrogens with zero attached hydrogens (tertiary/aromatic N) is 1. The highest BCUT2D eigenvalue weighted by Gasteiger charge is 2.26. The van der Waals surface area contributed by atoms with Crippen LogP contribution >= 0.6 is 0 Å². The van der Waals surface area contributed by atoms with E-state index < -0.39 is 0 Å². The van der Waals surface area contributed by atoms with Crippen molar-refractivity contribution < 1.29 is 9.59 Å². The number of likely N-dealkylation sites (tertiary alicyclic amines) is 1. The third kappa shape index (κ3) is 4.49. The maximum absolute atomic E-state index is 11.9. The molecule has 0 atom stereocenters. The van der Waals surface area contributed by atoms with Crippen LogP contribution in [0.25, 0.3) is 0 Å². The summed E-state index contributed by atoms with van der Waals surface area (Å²) in [5, 5.41) is 6.30. The van der Waals surface area contributed by atoms with E-state index in [1.807, 2.05) is 18.7 Å². The molecule has 5 heteroatoms. The molecule has 1 aliphatic carbocycles. The van der Waals surface area contributed by atoms with Gasteiger partial charge in [0.1, 0.15) is 0 Å². The minimum Gasteiger partial charge on any atom is -0.353 e. The lowest BCUT2D eigenvalue weighted by Crippen LogP contribution is -2.49. The fourth-order valence-electron chi connectivity index (χ4n) is 2.27. The lowest BCUT2D eigenvalue weighted by molar-refractivity contribution is -0.131. The van der Waals surface area contributed by atoms with E-state index in [4.69, 9.17) is 0 Å². The summed E-state index contributed by atoms with van der Waals surface area (Å²) in [7, 11) is 0. The van der Waals surface area contributed by atoms with Crippen LogP contribution in [0.5, 0.6) is 0 Å². The predicted octanol–water partition coefficient (Wildman–Crippen LogP) is 0.502. The van der Waals surface area contributed by atoms with Crippen LogP contribution in [0, 0.1) is 5.92 Å². The van der Waals surface area contributed by atoms with Crippen LogP contribution in [0.3, 0.4) is 0 Å². The van der Waals surface area contributed by atoms with Crippen molar-refractivity contribution in [2.24, 2.45) is 5.92 Å². The van der Waals surface area contributed by atoms with Gasteiger partial charge in [0.25, 0.3) is 0 Å². The zero-order valence-electron chi connectivity index (χ0n) is 11.9. The van der Waals surface area contributed by atoms with E-state index in [0.717, 1.165) is 25.9 Å². The molecule has 19 heavy (non-hydrogen) atoms. The minimum absolute atomic E-state index is 0.0300. The van der Waals surface area contributed by atoms with E-state index >= 15 is 0 Å². The summed E-state index contributed by atoms with van der Waals surface area (Å²) in [5.74, 6) is 0.336. The number of carbonyl (C=O) groups is 2. The van der Waals surface area contributed by atoms with E-state index in [9.17, 15) is 9.59 Å². The largest absolute Gasteiger partial charge is 0.353 e.